The molecule has 0 bridgehead atoms. The van der Waals surface area contributed by atoms with Crippen molar-refractivity contribution in [1.29, 1.82) is 0 Å². The molecule has 0 saturated carbocycles. The SMILES string of the molecule is C=C(c1nc2n(n1)C(c1ccccc1)CC2F)C1CCOCC1. The first-order valence-corrected chi connectivity index (χ1v) is 8.16. The highest BCUT2D eigenvalue weighted by atomic mass is 19.1. The van der Waals surface area contributed by atoms with Crippen molar-refractivity contribution >= 4 is 5.57 Å². The number of hydrogen-bond donors (Lipinski definition) is 0. The van der Waals surface area contributed by atoms with Crippen LogP contribution in [0.1, 0.15) is 48.7 Å². The second kappa shape index (κ2) is 5.89. The van der Waals surface area contributed by atoms with Crippen LogP contribution in [0.2, 0.25) is 0 Å². The summed E-state index contributed by atoms with van der Waals surface area (Å²) in [5.74, 6) is 1.36. The molecular formula is C18H20FN3O. The molecule has 1 saturated heterocycles. The molecule has 0 N–H and O–H groups in total. The van der Waals surface area contributed by atoms with Crippen molar-refractivity contribution in [3.8, 4) is 0 Å². The second-order valence-corrected chi connectivity index (χ2v) is 6.28. The predicted molar refractivity (Wildman–Crippen MR) is 85.6 cm³/mol. The predicted octanol–water partition coefficient (Wildman–Crippen LogP) is 3.72. The minimum Gasteiger partial charge on any atom is -0.381 e. The van der Waals surface area contributed by atoms with Crippen molar-refractivity contribution in [3.63, 3.8) is 0 Å². The number of aromatic nitrogens is 3. The zero-order valence-corrected chi connectivity index (χ0v) is 13.0. The first-order valence-electron chi connectivity index (χ1n) is 8.16. The molecule has 120 valence electrons. The molecule has 2 aliphatic rings. The molecule has 3 heterocycles. The Hall–Kier alpha value is -2.01. The van der Waals surface area contributed by atoms with Gasteiger partial charge in [0.2, 0.25) is 0 Å². The van der Waals surface area contributed by atoms with Crippen molar-refractivity contribution in [2.45, 2.75) is 31.5 Å². The number of alkyl halides is 1. The molecule has 1 fully saturated rings. The minimum atomic E-state index is -1.07. The van der Waals surface area contributed by atoms with Gasteiger partial charge in [-0.3, -0.25) is 0 Å². The average molecular weight is 313 g/mol. The summed E-state index contributed by atoms with van der Waals surface area (Å²) in [5, 5.41) is 4.60. The number of ether oxygens (including phenoxy) is 1. The van der Waals surface area contributed by atoms with Crippen molar-refractivity contribution in [1.82, 2.24) is 14.8 Å². The van der Waals surface area contributed by atoms with E-state index in [-0.39, 0.29) is 6.04 Å². The monoisotopic (exact) mass is 313 g/mol. The van der Waals surface area contributed by atoms with E-state index in [0.29, 0.717) is 24.0 Å². The summed E-state index contributed by atoms with van der Waals surface area (Å²) in [7, 11) is 0. The van der Waals surface area contributed by atoms with Gasteiger partial charge in [-0.2, -0.15) is 5.10 Å². The van der Waals surface area contributed by atoms with Gasteiger partial charge in [0.25, 0.3) is 0 Å². The van der Waals surface area contributed by atoms with Crippen LogP contribution in [0.4, 0.5) is 4.39 Å². The smallest absolute Gasteiger partial charge is 0.177 e. The third kappa shape index (κ3) is 2.59. The molecule has 0 amide bonds. The van der Waals surface area contributed by atoms with Crippen molar-refractivity contribution in [2.75, 3.05) is 13.2 Å². The lowest BCUT2D eigenvalue weighted by Crippen LogP contribution is -2.17. The zero-order valence-electron chi connectivity index (χ0n) is 13.0. The number of allylic oxidation sites excluding steroid dienone is 1. The fourth-order valence-electron chi connectivity index (χ4n) is 3.50. The Morgan fingerprint density at radius 1 is 1.22 bits per heavy atom. The highest BCUT2D eigenvalue weighted by Crippen LogP contribution is 2.40. The van der Waals surface area contributed by atoms with Gasteiger partial charge in [-0.1, -0.05) is 36.9 Å². The summed E-state index contributed by atoms with van der Waals surface area (Å²) in [5.41, 5.74) is 1.98. The largest absolute Gasteiger partial charge is 0.381 e. The van der Waals surface area contributed by atoms with Gasteiger partial charge in [0.1, 0.15) is 0 Å². The van der Waals surface area contributed by atoms with Crippen LogP contribution in [0.25, 0.3) is 5.57 Å². The standard InChI is InChI=1S/C18H20FN3O/c1-12(13-7-9-23-10-8-13)17-20-18-15(19)11-16(22(18)21-17)14-5-3-2-4-6-14/h2-6,13,15-16H,1,7-11H2. The van der Waals surface area contributed by atoms with Crippen LogP contribution in [0.3, 0.4) is 0 Å². The molecule has 2 aliphatic heterocycles. The van der Waals surface area contributed by atoms with E-state index in [2.05, 4.69) is 16.7 Å². The average Bonchev–Trinajstić information content (AvgIpc) is 3.17. The maximum Gasteiger partial charge on any atom is 0.177 e. The Morgan fingerprint density at radius 3 is 2.70 bits per heavy atom. The molecule has 0 spiro atoms. The Morgan fingerprint density at radius 2 is 1.96 bits per heavy atom. The van der Waals surface area contributed by atoms with E-state index in [0.717, 1.165) is 37.2 Å². The van der Waals surface area contributed by atoms with Gasteiger partial charge in [-0.15, -0.1) is 0 Å². The summed E-state index contributed by atoms with van der Waals surface area (Å²) in [6, 6.07) is 9.86. The Kier molecular flexibility index (Phi) is 3.73. The molecule has 2 aromatic rings. The van der Waals surface area contributed by atoms with Gasteiger partial charge in [-0.25, -0.2) is 14.1 Å². The second-order valence-electron chi connectivity index (χ2n) is 6.28. The number of rotatable bonds is 3. The first kappa shape index (κ1) is 14.6. The third-order valence-electron chi connectivity index (χ3n) is 4.85. The molecule has 2 atom stereocenters. The normalized spacial score (nSPS) is 24.6. The van der Waals surface area contributed by atoms with E-state index < -0.39 is 6.17 Å². The molecule has 5 heteroatoms. The highest BCUT2D eigenvalue weighted by molar-refractivity contribution is 5.59. The fourth-order valence-corrected chi connectivity index (χ4v) is 3.50. The lowest BCUT2D eigenvalue weighted by atomic mass is 9.92. The van der Waals surface area contributed by atoms with Gasteiger partial charge in [0.05, 0.1) is 6.04 Å². The molecule has 23 heavy (non-hydrogen) atoms. The summed E-state index contributed by atoms with van der Waals surface area (Å²) >= 11 is 0. The summed E-state index contributed by atoms with van der Waals surface area (Å²) in [4.78, 5) is 4.46. The van der Waals surface area contributed by atoms with Crippen molar-refractivity contribution < 1.29 is 9.13 Å². The lowest BCUT2D eigenvalue weighted by Gasteiger charge is -2.22. The van der Waals surface area contributed by atoms with Crippen LogP contribution in [0, 0.1) is 5.92 Å². The van der Waals surface area contributed by atoms with E-state index in [1.165, 1.54) is 0 Å². The van der Waals surface area contributed by atoms with Crippen LogP contribution in [0.5, 0.6) is 0 Å². The Labute approximate surface area is 135 Å². The van der Waals surface area contributed by atoms with Crippen LogP contribution < -0.4 is 0 Å². The maximum absolute atomic E-state index is 14.4. The van der Waals surface area contributed by atoms with Gasteiger partial charge in [-0.05, 0) is 29.9 Å². The molecule has 2 unspecified atom stereocenters. The van der Waals surface area contributed by atoms with Crippen LogP contribution >= 0.6 is 0 Å². The summed E-state index contributed by atoms with van der Waals surface area (Å²) in [6.45, 7) is 5.66. The van der Waals surface area contributed by atoms with Gasteiger partial charge in [0, 0.05) is 19.6 Å². The minimum absolute atomic E-state index is 0.0788. The molecule has 4 nitrogen and oxygen atoms in total. The molecule has 1 aromatic heterocycles. The Bertz CT molecular complexity index is 706. The van der Waals surface area contributed by atoms with Crippen molar-refractivity contribution in [3.05, 3.63) is 54.1 Å². The third-order valence-corrected chi connectivity index (χ3v) is 4.85. The lowest BCUT2D eigenvalue weighted by molar-refractivity contribution is 0.0807. The Balaban J connectivity index is 1.64. The first-order chi connectivity index (χ1) is 11.2. The summed E-state index contributed by atoms with van der Waals surface area (Å²) < 4.78 is 21.5. The molecule has 4 rings (SSSR count). The van der Waals surface area contributed by atoms with Crippen molar-refractivity contribution in [2.24, 2.45) is 5.92 Å². The van der Waals surface area contributed by atoms with Gasteiger partial charge in [0.15, 0.2) is 17.8 Å². The molecule has 1 aromatic carbocycles. The van der Waals surface area contributed by atoms with E-state index in [1.54, 1.807) is 4.68 Å². The zero-order chi connectivity index (χ0) is 15.8. The van der Waals surface area contributed by atoms with E-state index in [1.807, 2.05) is 30.3 Å². The van der Waals surface area contributed by atoms with Crippen LogP contribution in [0.15, 0.2) is 36.9 Å². The highest BCUT2D eigenvalue weighted by Gasteiger charge is 2.36. The van der Waals surface area contributed by atoms with E-state index in [4.69, 9.17) is 4.74 Å². The fraction of sp³-hybridized carbons (Fsp3) is 0.444. The number of hydrogen-bond acceptors (Lipinski definition) is 3. The number of nitrogens with zero attached hydrogens (tertiary/aromatic N) is 3. The van der Waals surface area contributed by atoms with Crippen LogP contribution in [-0.4, -0.2) is 28.0 Å². The topological polar surface area (TPSA) is 39.9 Å². The maximum atomic E-state index is 14.4. The van der Waals surface area contributed by atoms with Crippen LogP contribution in [-0.2, 0) is 4.74 Å². The van der Waals surface area contributed by atoms with E-state index >= 15 is 0 Å². The number of halogens is 1. The quantitative estimate of drug-likeness (QED) is 0.867. The molecule has 0 aliphatic carbocycles. The summed E-state index contributed by atoms with van der Waals surface area (Å²) in [6.07, 6.45) is 1.21. The molecule has 0 radical (unpaired) electrons. The molecular weight excluding hydrogens is 293 g/mol. The number of fused-ring (bicyclic) bond motifs is 1. The van der Waals surface area contributed by atoms with Gasteiger partial charge >= 0.3 is 0 Å². The number of benzene rings is 1. The van der Waals surface area contributed by atoms with Gasteiger partial charge < -0.3 is 4.74 Å². The van der Waals surface area contributed by atoms with E-state index in [9.17, 15) is 4.39 Å².